The largest absolute Gasteiger partial charge is 0.481 e. The molecule has 0 bridgehead atoms. The zero-order valence-corrected chi connectivity index (χ0v) is 10.6. The highest BCUT2D eigenvalue weighted by Gasteiger charge is 2.42. The van der Waals surface area contributed by atoms with E-state index in [9.17, 15) is 4.79 Å². The maximum absolute atomic E-state index is 10.7. The summed E-state index contributed by atoms with van der Waals surface area (Å²) in [7, 11) is 0. The highest BCUT2D eigenvalue weighted by molar-refractivity contribution is 9.10. The topological polar surface area (TPSA) is 49.3 Å². The smallest absolute Gasteiger partial charge is 0.306 e. The van der Waals surface area contributed by atoms with E-state index in [4.69, 9.17) is 5.11 Å². The summed E-state index contributed by atoms with van der Waals surface area (Å²) in [6.07, 6.45) is 0.803. The normalized spacial score (nSPS) is 22.9. The Morgan fingerprint density at radius 3 is 2.94 bits per heavy atom. The first-order valence-electron chi connectivity index (χ1n) is 5.31. The number of nitrogens with one attached hydrogen (secondary N) is 1. The van der Waals surface area contributed by atoms with Crippen LogP contribution < -0.4 is 5.32 Å². The van der Waals surface area contributed by atoms with Crippen LogP contribution in [0.25, 0.3) is 0 Å². The van der Waals surface area contributed by atoms with Crippen molar-refractivity contribution < 1.29 is 9.90 Å². The maximum atomic E-state index is 10.7. The van der Waals surface area contributed by atoms with E-state index < -0.39 is 5.97 Å². The molecule has 1 aliphatic rings. The molecule has 1 saturated carbocycles. The van der Waals surface area contributed by atoms with Gasteiger partial charge in [-0.3, -0.25) is 4.79 Å². The average molecular weight is 284 g/mol. The highest BCUT2D eigenvalue weighted by atomic mass is 79.9. The Kier molecular flexibility index (Phi) is 3.19. The van der Waals surface area contributed by atoms with Crippen molar-refractivity contribution in [2.75, 3.05) is 11.9 Å². The third-order valence-corrected chi connectivity index (χ3v) is 3.48. The second-order valence-electron chi connectivity index (χ2n) is 4.28. The van der Waals surface area contributed by atoms with Crippen molar-refractivity contribution in [2.45, 2.75) is 13.3 Å². The molecule has 0 aliphatic heterocycles. The predicted molar refractivity (Wildman–Crippen MR) is 66.6 cm³/mol. The molecule has 86 valence electrons. The van der Waals surface area contributed by atoms with Gasteiger partial charge in [-0.2, -0.15) is 0 Å². The van der Waals surface area contributed by atoms with Crippen LogP contribution in [0.4, 0.5) is 5.69 Å². The van der Waals surface area contributed by atoms with Crippen molar-refractivity contribution in [1.82, 2.24) is 0 Å². The minimum Gasteiger partial charge on any atom is -0.481 e. The lowest BCUT2D eigenvalue weighted by molar-refractivity contribution is -0.138. The van der Waals surface area contributed by atoms with Gasteiger partial charge in [0, 0.05) is 16.7 Å². The number of halogens is 1. The molecule has 16 heavy (non-hydrogen) atoms. The van der Waals surface area contributed by atoms with E-state index in [1.54, 1.807) is 0 Å². The zero-order chi connectivity index (χ0) is 11.7. The molecule has 1 aromatic rings. The minimum atomic E-state index is -0.667. The molecule has 0 aromatic heterocycles. The summed E-state index contributed by atoms with van der Waals surface area (Å²) in [4.78, 5) is 10.7. The van der Waals surface area contributed by atoms with Crippen LogP contribution in [0.5, 0.6) is 0 Å². The Balaban J connectivity index is 1.89. The standard InChI is InChI=1S/C12H14BrNO2/c1-7-4-9(13)2-3-11(7)14-6-8-5-10(8)12(15)16/h2-4,8,10,14H,5-6H2,1H3,(H,15,16). The average Bonchev–Trinajstić information content (AvgIpc) is 2.96. The summed E-state index contributed by atoms with van der Waals surface area (Å²) < 4.78 is 1.06. The number of aliphatic carboxylic acids is 1. The van der Waals surface area contributed by atoms with Crippen LogP contribution in [-0.4, -0.2) is 17.6 Å². The monoisotopic (exact) mass is 283 g/mol. The number of hydrogen-bond acceptors (Lipinski definition) is 2. The van der Waals surface area contributed by atoms with Crippen molar-refractivity contribution in [3.8, 4) is 0 Å². The number of benzene rings is 1. The van der Waals surface area contributed by atoms with Crippen LogP contribution in [0.1, 0.15) is 12.0 Å². The molecule has 1 fully saturated rings. The van der Waals surface area contributed by atoms with Crippen LogP contribution in [0.2, 0.25) is 0 Å². The summed E-state index contributed by atoms with van der Waals surface area (Å²) in [5.74, 6) is -0.511. The molecule has 1 aliphatic carbocycles. The molecule has 1 aromatic carbocycles. The van der Waals surface area contributed by atoms with Gasteiger partial charge in [0.25, 0.3) is 0 Å². The lowest BCUT2D eigenvalue weighted by Gasteiger charge is -2.09. The number of carbonyl (C=O) groups is 1. The fourth-order valence-corrected chi connectivity index (χ4v) is 2.32. The van der Waals surface area contributed by atoms with E-state index in [0.29, 0.717) is 5.92 Å². The highest BCUT2D eigenvalue weighted by Crippen LogP contribution is 2.38. The first-order chi connectivity index (χ1) is 7.58. The summed E-state index contributed by atoms with van der Waals surface area (Å²) in [6.45, 7) is 2.79. The number of rotatable bonds is 4. The second kappa shape index (κ2) is 4.45. The van der Waals surface area contributed by atoms with Gasteiger partial charge < -0.3 is 10.4 Å². The Hall–Kier alpha value is -1.03. The molecule has 0 spiro atoms. The van der Waals surface area contributed by atoms with Gasteiger partial charge in [-0.15, -0.1) is 0 Å². The number of aryl methyl sites for hydroxylation is 1. The molecule has 0 heterocycles. The van der Waals surface area contributed by atoms with Crippen molar-refractivity contribution in [1.29, 1.82) is 0 Å². The number of carboxylic acid groups (broad SMARTS) is 1. The molecule has 0 radical (unpaired) electrons. The van der Waals surface area contributed by atoms with Gasteiger partial charge in [-0.1, -0.05) is 15.9 Å². The minimum absolute atomic E-state index is 0.136. The van der Waals surface area contributed by atoms with E-state index in [2.05, 4.69) is 21.2 Å². The number of carboxylic acids is 1. The Morgan fingerprint density at radius 1 is 1.62 bits per heavy atom. The second-order valence-corrected chi connectivity index (χ2v) is 5.20. The lowest BCUT2D eigenvalue weighted by atomic mass is 10.2. The van der Waals surface area contributed by atoms with Crippen LogP contribution in [0.15, 0.2) is 22.7 Å². The van der Waals surface area contributed by atoms with Crippen LogP contribution in [-0.2, 0) is 4.79 Å². The molecule has 3 nitrogen and oxygen atoms in total. The van der Waals surface area contributed by atoms with E-state index in [-0.39, 0.29) is 5.92 Å². The van der Waals surface area contributed by atoms with Crippen LogP contribution in [0, 0.1) is 18.8 Å². The Labute approximate surface area is 103 Å². The Morgan fingerprint density at radius 2 is 2.38 bits per heavy atom. The molecular weight excluding hydrogens is 270 g/mol. The summed E-state index contributed by atoms with van der Waals surface area (Å²) in [5.41, 5.74) is 2.25. The predicted octanol–water partition coefficient (Wildman–Crippen LogP) is 2.89. The lowest BCUT2D eigenvalue weighted by Crippen LogP contribution is -2.09. The van der Waals surface area contributed by atoms with Gasteiger partial charge >= 0.3 is 5.97 Å². The van der Waals surface area contributed by atoms with Gasteiger partial charge in [0.1, 0.15) is 0 Å². The van der Waals surface area contributed by atoms with E-state index in [1.165, 1.54) is 5.56 Å². The first kappa shape index (κ1) is 11.5. The quantitative estimate of drug-likeness (QED) is 0.893. The van der Waals surface area contributed by atoms with Crippen LogP contribution >= 0.6 is 15.9 Å². The molecule has 2 unspecified atom stereocenters. The SMILES string of the molecule is Cc1cc(Br)ccc1NCC1CC1C(=O)O. The van der Waals surface area contributed by atoms with Gasteiger partial charge in [0.15, 0.2) is 0 Å². The fourth-order valence-electron chi connectivity index (χ4n) is 1.84. The molecule has 2 atom stereocenters. The molecule has 2 rings (SSSR count). The van der Waals surface area contributed by atoms with Crippen LogP contribution in [0.3, 0.4) is 0 Å². The fraction of sp³-hybridized carbons (Fsp3) is 0.417. The van der Waals surface area contributed by atoms with Gasteiger partial charge in [-0.25, -0.2) is 0 Å². The van der Waals surface area contributed by atoms with E-state index in [0.717, 1.165) is 23.1 Å². The molecule has 0 amide bonds. The van der Waals surface area contributed by atoms with Gasteiger partial charge in [-0.05, 0) is 43.0 Å². The number of hydrogen-bond donors (Lipinski definition) is 2. The van der Waals surface area contributed by atoms with Crippen molar-refractivity contribution in [2.24, 2.45) is 11.8 Å². The molecule has 2 N–H and O–H groups in total. The zero-order valence-electron chi connectivity index (χ0n) is 9.03. The van der Waals surface area contributed by atoms with Crippen molar-refractivity contribution in [3.05, 3.63) is 28.2 Å². The molecular formula is C12H14BrNO2. The summed E-state index contributed by atoms with van der Waals surface area (Å²) in [5, 5.41) is 12.1. The van der Waals surface area contributed by atoms with Crippen molar-refractivity contribution >= 4 is 27.6 Å². The maximum Gasteiger partial charge on any atom is 0.306 e. The molecule has 4 heteroatoms. The van der Waals surface area contributed by atoms with E-state index in [1.807, 2.05) is 25.1 Å². The summed E-state index contributed by atoms with van der Waals surface area (Å²) in [6, 6.07) is 6.04. The van der Waals surface area contributed by atoms with Crippen molar-refractivity contribution in [3.63, 3.8) is 0 Å². The molecule has 0 saturated heterocycles. The third-order valence-electron chi connectivity index (χ3n) is 2.98. The first-order valence-corrected chi connectivity index (χ1v) is 6.10. The van der Waals surface area contributed by atoms with E-state index >= 15 is 0 Å². The third kappa shape index (κ3) is 2.55. The summed E-state index contributed by atoms with van der Waals surface area (Å²) >= 11 is 3.41. The number of anilines is 1. The van der Waals surface area contributed by atoms with Gasteiger partial charge in [0.05, 0.1) is 5.92 Å². The van der Waals surface area contributed by atoms with Gasteiger partial charge in [0.2, 0.25) is 0 Å². The Bertz CT molecular complexity index is 419.